The first-order valence-corrected chi connectivity index (χ1v) is 4.92. The fraction of sp³-hybridized carbons (Fsp3) is 0.500. The van der Waals surface area contributed by atoms with E-state index in [-0.39, 0.29) is 5.97 Å². The molecule has 15 heavy (non-hydrogen) atoms. The lowest BCUT2D eigenvalue weighted by Crippen LogP contribution is -2.08. The fourth-order valence-corrected chi connectivity index (χ4v) is 0.793. The molecule has 3 heteroatoms. The molecule has 84 valence electrons. The summed E-state index contributed by atoms with van der Waals surface area (Å²) >= 11 is 0. The normalized spacial score (nSPS) is 12.9. The van der Waals surface area contributed by atoms with Gasteiger partial charge < -0.3 is 9.53 Å². The molecule has 0 saturated heterocycles. The second-order valence-corrected chi connectivity index (χ2v) is 3.87. The van der Waals surface area contributed by atoms with Gasteiger partial charge in [-0.2, -0.15) is 0 Å². The van der Waals surface area contributed by atoms with Crippen LogP contribution in [0.15, 0.2) is 23.8 Å². The first-order chi connectivity index (χ1) is 6.93. The molecule has 0 aliphatic carbocycles. The molecule has 0 unspecified atom stereocenters. The van der Waals surface area contributed by atoms with Gasteiger partial charge in [0.1, 0.15) is 6.29 Å². The minimum absolute atomic E-state index is 0.328. The van der Waals surface area contributed by atoms with Gasteiger partial charge in [-0.25, -0.2) is 4.79 Å². The predicted octanol–water partition coefficient (Wildman–Crippen LogP) is 2.28. The van der Waals surface area contributed by atoms with E-state index < -0.39 is 5.41 Å². The number of rotatable bonds is 5. The van der Waals surface area contributed by atoms with Crippen LogP contribution in [-0.4, -0.2) is 18.9 Å². The molecule has 0 fully saturated rings. The lowest BCUT2D eigenvalue weighted by Gasteiger charge is -2.08. The Morgan fingerprint density at radius 3 is 2.47 bits per heavy atom. The van der Waals surface area contributed by atoms with E-state index >= 15 is 0 Å². The van der Waals surface area contributed by atoms with Gasteiger partial charge in [0.2, 0.25) is 0 Å². The highest BCUT2D eigenvalue weighted by Crippen LogP contribution is 2.12. The van der Waals surface area contributed by atoms with Crippen molar-refractivity contribution in [2.75, 3.05) is 6.61 Å². The number of allylic oxidation sites excluding steroid dienone is 3. The van der Waals surface area contributed by atoms with Crippen LogP contribution in [0.3, 0.4) is 0 Å². The van der Waals surface area contributed by atoms with Crippen molar-refractivity contribution < 1.29 is 14.3 Å². The Morgan fingerprint density at radius 2 is 2.00 bits per heavy atom. The van der Waals surface area contributed by atoms with Crippen LogP contribution >= 0.6 is 0 Å². The van der Waals surface area contributed by atoms with E-state index in [1.807, 2.05) is 0 Å². The molecule has 0 aliphatic rings. The summed E-state index contributed by atoms with van der Waals surface area (Å²) < 4.78 is 4.80. The molecular formula is C12H18O3. The Morgan fingerprint density at radius 1 is 1.40 bits per heavy atom. The van der Waals surface area contributed by atoms with Crippen LogP contribution in [0.2, 0.25) is 0 Å². The first kappa shape index (κ1) is 13.6. The summed E-state index contributed by atoms with van der Waals surface area (Å²) in [5.41, 5.74) is 0.0284. The third kappa shape index (κ3) is 5.83. The van der Waals surface area contributed by atoms with E-state index in [9.17, 15) is 9.59 Å². The fourth-order valence-electron chi connectivity index (χ4n) is 0.793. The zero-order valence-corrected chi connectivity index (χ0v) is 9.74. The average molecular weight is 210 g/mol. The van der Waals surface area contributed by atoms with E-state index in [1.54, 1.807) is 45.9 Å². The molecule has 0 bridgehead atoms. The second-order valence-electron chi connectivity index (χ2n) is 3.87. The molecular weight excluding hydrogens is 192 g/mol. The Hall–Kier alpha value is -1.38. The van der Waals surface area contributed by atoms with Gasteiger partial charge in [0, 0.05) is 11.0 Å². The van der Waals surface area contributed by atoms with E-state index in [0.29, 0.717) is 12.2 Å². The number of hydrogen-bond donors (Lipinski definition) is 0. The van der Waals surface area contributed by atoms with Crippen molar-refractivity contribution in [2.45, 2.75) is 27.7 Å². The zero-order chi connectivity index (χ0) is 11.9. The van der Waals surface area contributed by atoms with Crippen LogP contribution in [0.5, 0.6) is 0 Å². The lowest BCUT2D eigenvalue weighted by molar-refractivity contribution is -0.138. The van der Waals surface area contributed by atoms with E-state index in [1.165, 1.54) is 0 Å². The minimum Gasteiger partial charge on any atom is -0.463 e. The predicted molar refractivity (Wildman–Crippen MR) is 59.4 cm³/mol. The van der Waals surface area contributed by atoms with Crippen molar-refractivity contribution in [3.8, 4) is 0 Å². The molecule has 0 radical (unpaired) electrons. The van der Waals surface area contributed by atoms with Crippen LogP contribution in [0.25, 0.3) is 0 Å². The molecule has 0 aromatic carbocycles. The van der Waals surface area contributed by atoms with E-state index in [0.717, 1.165) is 6.29 Å². The molecule has 0 heterocycles. The molecule has 0 spiro atoms. The van der Waals surface area contributed by atoms with Crippen molar-refractivity contribution in [3.05, 3.63) is 23.8 Å². The highest BCUT2D eigenvalue weighted by Gasteiger charge is 2.10. The van der Waals surface area contributed by atoms with Gasteiger partial charge in [-0.1, -0.05) is 18.2 Å². The van der Waals surface area contributed by atoms with Gasteiger partial charge in [-0.05, 0) is 27.7 Å². The summed E-state index contributed by atoms with van der Waals surface area (Å²) in [5, 5.41) is 0. The Balaban J connectivity index is 4.39. The highest BCUT2D eigenvalue weighted by atomic mass is 16.5. The lowest BCUT2D eigenvalue weighted by atomic mass is 9.95. The third-order valence-electron chi connectivity index (χ3n) is 1.77. The topological polar surface area (TPSA) is 43.4 Å². The molecule has 0 amide bonds. The number of hydrogen-bond acceptors (Lipinski definition) is 3. The van der Waals surface area contributed by atoms with Crippen molar-refractivity contribution in [1.82, 2.24) is 0 Å². The van der Waals surface area contributed by atoms with Gasteiger partial charge in [0.25, 0.3) is 0 Å². The standard InChI is InChI=1S/C12H18O3/c1-5-15-11(14)10(2)7-6-8-12(3,4)9-13/h6-9H,5H2,1-4H3/b8-6+,10-7+. The van der Waals surface area contributed by atoms with Crippen LogP contribution < -0.4 is 0 Å². The maximum atomic E-state index is 11.2. The van der Waals surface area contributed by atoms with Crippen LogP contribution in [-0.2, 0) is 14.3 Å². The molecule has 0 aromatic rings. The second kappa shape index (κ2) is 6.17. The number of ether oxygens (including phenoxy) is 1. The van der Waals surface area contributed by atoms with Crippen LogP contribution in [0.1, 0.15) is 27.7 Å². The van der Waals surface area contributed by atoms with E-state index in [2.05, 4.69) is 0 Å². The maximum Gasteiger partial charge on any atom is 0.333 e. The van der Waals surface area contributed by atoms with Gasteiger partial charge >= 0.3 is 5.97 Å². The average Bonchev–Trinajstić information content (AvgIpc) is 2.18. The molecule has 0 saturated carbocycles. The number of esters is 1. The number of aldehydes is 1. The molecule has 0 atom stereocenters. The van der Waals surface area contributed by atoms with Gasteiger partial charge in [-0.3, -0.25) is 0 Å². The summed E-state index contributed by atoms with van der Waals surface area (Å²) in [4.78, 5) is 21.7. The summed E-state index contributed by atoms with van der Waals surface area (Å²) in [6.45, 7) is 7.40. The Bertz CT molecular complexity index is 285. The van der Waals surface area contributed by atoms with Crippen LogP contribution in [0, 0.1) is 5.41 Å². The highest BCUT2D eigenvalue weighted by molar-refractivity contribution is 5.88. The van der Waals surface area contributed by atoms with Gasteiger partial charge in [0.15, 0.2) is 0 Å². The van der Waals surface area contributed by atoms with Crippen molar-refractivity contribution in [2.24, 2.45) is 5.41 Å². The van der Waals surface area contributed by atoms with Crippen molar-refractivity contribution >= 4 is 12.3 Å². The largest absolute Gasteiger partial charge is 0.463 e. The third-order valence-corrected chi connectivity index (χ3v) is 1.77. The maximum absolute atomic E-state index is 11.2. The summed E-state index contributed by atoms with van der Waals surface area (Å²) in [6.07, 6.45) is 5.93. The van der Waals surface area contributed by atoms with Crippen molar-refractivity contribution in [3.63, 3.8) is 0 Å². The summed E-state index contributed by atoms with van der Waals surface area (Å²) in [7, 11) is 0. The van der Waals surface area contributed by atoms with Gasteiger partial charge in [-0.15, -0.1) is 0 Å². The number of carbonyl (C=O) groups is 2. The minimum atomic E-state index is -0.495. The summed E-state index contributed by atoms with van der Waals surface area (Å²) in [5.74, 6) is -0.328. The quantitative estimate of drug-likeness (QED) is 0.302. The molecule has 0 aliphatic heterocycles. The first-order valence-electron chi connectivity index (χ1n) is 4.92. The summed E-state index contributed by atoms with van der Waals surface area (Å²) in [6, 6.07) is 0. The molecule has 0 rings (SSSR count). The zero-order valence-electron chi connectivity index (χ0n) is 9.74. The van der Waals surface area contributed by atoms with Crippen LogP contribution in [0.4, 0.5) is 0 Å². The molecule has 0 aromatic heterocycles. The van der Waals surface area contributed by atoms with Gasteiger partial charge in [0.05, 0.1) is 6.61 Å². The monoisotopic (exact) mass is 210 g/mol. The number of carbonyl (C=O) groups excluding carboxylic acids is 2. The Labute approximate surface area is 90.8 Å². The van der Waals surface area contributed by atoms with Crippen molar-refractivity contribution in [1.29, 1.82) is 0 Å². The van der Waals surface area contributed by atoms with E-state index in [4.69, 9.17) is 4.74 Å². The molecule has 0 N–H and O–H groups in total. The molecule has 3 nitrogen and oxygen atoms in total. The Kier molecular flexibility index (Phi) is 5.60. The SMILES string of the molecule is CCOC(=O)/C(C)=C/C=C/C(C)(C)C=O. The smallest absolute Gasteiger partial charge is 0.333 e.